The van der Waals surface area contributed by atoms with Gasteiger partial charge < -0.3 is 14.4 Å². The molecule has 7 heteroatoms. The standard InChI is InChI=1S/C18H21N3O4/c1-24-15-12-21(13-8-4-3-5-9-13)19-16(15)17(22)20-11-7-6-10-14(20)18(23)25-2/h3-5,8-9,12,14H,6-7,10-11H2,1-2H3. The van der Waals surface area contributed by atoms with Gasteiger partial charge in [0.15, 0.2) is 11.4 Å². The summed E-state index contributed by atoms with van der Waals surface area (Å²) in [6.45, 7) is 0.500. The van der Waals surface area contributed by atoms with Crippen LogP contribution in [0.2, 0.25) is 0 Å². The van der Waals surface area contributed by atoms with E-state index < -0.39 is 12.0 Å². The zero-order chi connectivity index (χ0) is 17.8. The molecule has 0 N–H and O–H groups in total. The lowest BCUT2D eigenvalue weighted by molar-refractivity contribution is -0.147. The van der Waals surface area contributed by atoms with Gasteiger partial charge in [-0.15, -0.1) is 0 Å². The molecule has 1 amide bonds. The summed E-state index contributed by atoms with van der Waals surface area (Å²) in [5.41, 5.74) is 1.02. The third kappa shape index (κ3) is 3.35. The Labute approximate surface area is 146 Å². The van der Waals surface area contributed by atoms with Crippen molar-refractivity contribution in [2.24, 2.45) is 0 Å². The molecule has 2 heterocycles. The van der Waals surface area contributed by atoms with Crippen LogP contribution in [0.5, 0.6) is 5.75 Å². The zero-order valence-electron chi connectivity index (χ0n) is 14.3. The van der Waals surface area contributed by atoms with Gasteiger partial charge in [-0.2, -0.15) is 5.10 Å². The number of carbonyl (C=O) groups excluding carboxylic acids is 2. The van der Waals surface area contributed by atoms with Crippen molar-refractivity contribution in [2.75, 3.05) is 20.8 Å². The second-order valence-electron chi connectivity index (χ2n) is 5.86. The van der Waals surface area contributed by atoms with E-state index in [2.05, 4.69) is 5.10 Å². The highest BCUT2D eigenvalue weighted by atomic mass is 16.5. The van der Waals surface area contributed by atoms with Crippen molar-refractivity contribution >= 4 is 11.9 Å². The van der Waals surface area contributed by atoms with Crippen molar-refractivity contribution in [1.29, 1.82) is 0 Å². The number of esters is 1. The predicted molar refractivity (Wildman–Crippen MR) is 90.8 cm³/mol. The van der Waals surface area contributed by atoms with Crippen LogP contribution < -0.4 is 4.74 Å². The van der Waals surface area contributed by atoms with Gasteiger partial charge in [-0.1, -0.05) is 18.2 Å². The fraction of sp³-hybridized carbons (Fsp3) is 0.389. The van der Waals surface area contributed by atoms with Crippen molar-refractivity contribution < 1.29 is 19.1 Å². The molecule has 25 heavy (non-hydrogen) atoms. The number of rotatable bonds is 4. The number of methoxy groups -OCH3 is 2. The molecule has 1 aromatic carbocycles. The molecule has 0 bridgehead atoms. The minimum Gasteiger partial charge on any atom is -0.493 e. The number of ether oxygens (including phenoxy) is 2. The van der Waals surface area contributed by atoms with Crippen LogP contribution in [0.4, 0.5) is 0 Å². The molecule has 0 saturated carbocycles. The van der Waals surface area contributed by atoms with E-state index in [-0.39, 0.29) is 11.6 Å². The highest BCUT2D eigenvalue weighted by Gasteiger charge is 2.35. The first kappa shape index (κ1) is 17.0. The van der Waals surface area contributed by atoms with Crippen LogP contribution in [0, 0.1) is 0 Å². The van der Waals surface area contributed by atoms with Gasteiger partial charge in [0.05, 0.1) is 26.1 Å². The maximum Gasteiger partial charge on any atom is 0.328 e. The minimum absolute atomic E-state index is 0.196. The molecule has 1 aliphatic rings. The summed E-state index contributed by atoms with van der Waals surface area (Å²) in [5.74, 6) is -0.334. The number of hydrogen-bond acceptors (Lipinski definition) is 5. The Balaban J connectivity index is 1.93. The Morgan fingerprint density at radius 2 is 1.92 bits per heavy atom. The predicted octanol–water partition coefficient (Wildman–Crippen LogP) is 2.05. The largest absolute Gasteiger partial charge is 0.493 e. The average Bonchev–Trinajstić information content (AvgIpc) is 3.12. The van der Waals surface area contributed by atoms with Crippen LogP contribution in [0.25, 0.3) is 5.69 Å². The number of aromatic nitrogens is 2. The Bertz CT molecular complexity index is 757. The molecule has 1 aromatic heterocycles. The number of nitrogens with zero attached hydrogens (tertiary/aromatic N) is 3. The number of likely N-dealkylation sites (tertiary alicyclic amines) is 1. The normalized spacial score (nSPS) is 17.2. The molecule has 0 spiro atoms. The summed E-state index contributed by atoms with van der Waals surface area (Å²) in [5, 5.41) is 4.39. The third-order valence-corrected chi connectivity index (χ3v) is 4.36. The molecule has 1 fully saturated rings. The maximum atomic E-state index is 13.0. The highest BCUT2D eigenvalue weighted by molar-refractivity contribution is 5.97. The average molecular weight is 343 g/mol. The quantitative estimate of drug-likeness (QED) is 0.795. The lowest BCUT2D eigenvalue weighted by Gasteiger charge is -2.33. The second kappa shape index (κ2) is 7.38. The molecular weight excluding hydrogens is 322 g/mol. The Morgan fingerprint density at radius 3 is 2.60 bits per heavy atom. The number of carbonyl (C=O) groups is 2. The van der Waals surface area contributed by atoms with Gasteiger partial charge in [0.1, 0.15) is 6.04 Å². The molecule has 1 saturated heterocycles. The van der Waals surface area contributed by atoms with Gasteiger partial charge in [-0.05, 0) is 31.4 Å². The summed E-state index contributed by atoms with van der Waals surface area (Å²) >= 11 is 0. The first-order valence-corrected chi connectivity index (χ1v) is 8.23. The van der Waals surface area contributed by atoms with Crippen molar-refractivity contribution in [1.82, 2.24) is 14.7 Å². The van der Waals surface area contributed by atoms with Crippen LogP contribution >= 0.6 is 0 Å². The van der Waals surface area contributed by atoms with Crippen LogP contribution in [0.1, 0.15) is 29.8 Å². The van der Waals surface area contributed by atoms with Gasteiger partial charge in [0.2, 0.25) is 0 Å². The van der Waals surface area contributed by atoms with Crippen LogP contribution in [-0.2, 0) is 9.53 Å². The molecule has 0 aliphatic carbocycles. The number of hydrogen-bond donors (Lipinski definition) is 0. The summed E-state index contributed by atoms with van der Waals surface area (Å²) in [7, 11) is 2.83. The van der Waals surface area contributed by atoms with Gasteiger partial charge >= 0.3 is 5.97 Å². The highest BCUT2D eigenvalue weighted by Crippen LogP contribution is 2.25. The van der Waals surface area contributed by atoms with Crippen molar-refractivity contribution in [2.45, 2.75) is 25.3 Å². The van der Waals surface area contributed by atoms with E-state index in [9.17, 15) is 9.59 Å². The fourth-order valence-corrected chi connectivity index (χ4v) is 3.06. The number of para-hydroxylation sites is 1. The summed E-state index contributed by atoms with van der Waals surface area (Å²) in [6, 6.07) is 8.90. The Morgan fingerprint density at radius 1 is 1.16 bits per heavy atom. The monoisotopic (exact) mass is 343 g/mol. The number of amides is 1. The molecule has 3 rings (SSSR count). The summed E-state index contributed by atoms with van der Waals surface area (Å²) < 4.78 is 11.8. The maximum absolute atomic E-state index is 13.0. The Kier molecular flexibility index (Phi) is 5.02. The molecule has 1 atom stereocenters. The van der Waals surface area contributed by atoms with Gasteiger partial charge in [-0.25, -0.2) is 9.48 Å². The molecule has 1 unspecified atom stereocenters. The number of benzene rings is 1. The van der Waals surface area contributed by atoms with Crippen LogP contribution in [-0.4, -0.2) is 53.4 Å². The SMILES string of the molecule is COC(=O)C1CCCCN1C(=O)c1nn(-c2ccccc2)cc1OC. The first-order valence-electron chi connectivity index (χ1n) is 8.23. The first-order chi connectivity index (χ1) is 12.2. The van der Waals surface area contributed by atoms with E-state index in [0.717, 1.165) is 18.5 Å². The molecule has 7 nitrogen and oxygen atoms in total. The van der Waals surface area contributed by atoms with E-state index in [1.807, 2.05) is 30.3 Å². The van der Waals surface area contributed by atoms with Crippen molar-refractivity contribution in [3.05, 3.63) is 42.2 Å². The van der Waals surface area contributed by atoms with Crippen LogP contribution in [0.15, 0.2) is 36.5 Å². The van der Waals surface area contributed by atoms with E-state index in [4.69, 9.17) is 9.47 Å². The summed E-state index contributed by atoms with van der Waals surface area (Å²) in [6.07, 6.45) is 4.00. The minimum atomic E-state index is -0.571. The summed E-state index contributed by atoms with van der Waals surface area (Å²) in [4.78, 5) is 26.6. The van der Waals surface area contributed by atoms with E-state index in [1.165, 1.54) is 19.1 Å². The van der Waals surface area contributed by atoms with Gasteiger partial charge in [0.25, 0.3) is 5.91 Å². The third-order valence-electron chi connectivity index (χ3n) is 4.36. The van der Waals surface area contributed by atoms with Crippen LogP contribution in [0.3, 0.4) is 0 Å². The van der Waals surface area contributed by atoms with Crippen molar-refractivity contribution in [3.63, 3.8) is 0 Å². The molecule has 1 aliphatic heterocycles. The smallest absolute Gasteiger partial charge is 0.328 e. The second-order valence-corrected chi connectivity index (χ2v) is 5.86. The molecular formula is C18H21N3O4. The van der Waals surface area contributed by atoms with Gasteiger partial charge in [0, 0.05) is 6.54 Å². The lowest BCUT2D eigenvalue weighted by Crippen LogP contribution is -2.48. The molecule has 0 radical (unpaired) electrons. The van der Waals surface area contributed by atoms with E-state index in [0.29, 0.717) is 18.7 Å². The van der Waals surface area contributed by atoms with Crippen molar-refractivity contribution in [3.8, 4) is 11.4 Å². The number of piperidine rings is 1. The Hall–Kier alpha value is -2.83. The van der Waals surface area contributed by atoms with Gasteiger partial charge in [-0.3, -0.25) is 4.79 Å². The zero-order valence-corrected chi connectivity index (χ0v) is 14.3. The van der Waals surface area contributed by atoms with E-state index in [1.54, 1.807) is 10.9 Å². The molecule has 2 aromatic rings. The fourth-order valence-electron chi connectivity index (χ4n) is 3.06. The lowest BCUT2D eigenvalue weighted by atomic mass is 10.0. The van der Waals surface area contributed by atoms with E-state index >= 15 is 0 Å². The topological polar surface area (TPSA) is 73.7 Å². The molecule has 132 valence electrons.